The summed E-state index contributed by atoms with van der Waals surface area (Å²) in [6, 6.07) is 12.8. The molecule has 0 radical (unpaired) electrons. The van der Waals surface area contributed by atoms with Gasteiger partial charge in [-0.05, 0) is 29.8 Å². The van der Waals surface area contributed by atoms with Crippen LogP contribution in [0.3, 0.4) is 0 Å². The van der Waals surface area contributed by atoms with Gasteiger partial charge in [0.25, 0.3) is 11.8 Å². The number of carbonyl (C=O) groups excluding carboxylic acids is 1. The quantitative estimate of drug-likeness (QED) is 0.694. The van der Waals surface area contributed by atoms with Crippen molar-refractivity contribution in [2.45, 2.75) is 18.8 Å². The molecule has 0 atom stereocenters. The average molecular weight is 366 g/mol. The third kappa shape index (κ3) is 3.26. The molecule has 27 heavy (non-hydrogen) atoms. The molecule has 0 spiro atoms. The van der Waals surface area contributed by atoms with Crippen LogP contribution in [0.1, 0.15) is 28.8 Å². The molecule has 1 aliphatic rings. The van der Waals surface area contributed by atoms with Crippen molar-refractivity contribution >= 4 is 11.4 Å². The zero-order valence-electron chi connectivity index (χ0n) is 14.4. The van der Waals surface area contributed by atoms with Gasteiger partial charge in [0.1, 0.15) is 0 Å². The van der Waals surface area contributed by atoms with Gasteiger partial charge >= 0.3 is 0 Å². The van der Waals surface area contributed by atoms with E-state index in [1.165, 1.54) is 4.90 Å². The van der Waals surface area contributed by atoms with Gasteiger partial charge in [0.2, 0.25) is 0 Å². The first-order valence-electron chi connectivity index (χ1n) is 8.62. The maximum atomic E-state index is 13.3. The van der Waals surface area contributed by atoms with Crippen LogP contribution in [-0.2, 0) is 0 Å². The fraction of sp³-hybridized carbons (Fsp3) is 0.250. The largest absolute Gasteiger partial charge is 0.338 e. The molecule has 0 saturated carbocycles. The molecule has 2 aromatic heterocycles. The number of benzene rings is 1. The molecular formula is C20H16F2N4O. The number of amides is 1. The standard InChI is InChI=1S/C20H16F2N4O/c21-20(22)7-9-25(10-8-20)19(27)16-5-6-18-17(12-24-26(18)13-16)15-3-1-14(11-23)2-4-15/h1-6,12-13H,7-10H2. The summed E-state index contributed by atoms with van der Waals surface area (Å²) in [5.41, 5.74) is 3.62. The lowest BCUT2D eigenvalue weighted by atomic mass is 10.0. The number of nitrogens with zero attached hydrogens (tertiary/aromatic N) is 4. The Labute approximate surface area is 154 Å². The van der Waals surface area contributed by atoms with Gasteiger partial charge in [-0.25, -0.2) is 13.3 Å². The molecule has 4 rings (SSSR count). The lowest BCUT2D eigenvalue weighted by Crippen LogP contribution is -2.42. The Bertz CT molecular complexity index is 1040. The molecule has 1 aromatic carbocycles. The van der Waals surface area contributed by atoms with Crippen LogP contribution in [0.5, 0.6) is 0 Å². The van der Waals surface area contributed by atoms with Crippen LogP contribution in [0.2, 0.25) is 0 Å². The molecule has 3 heterocycles. The number of hydrogen-bond acceptors (Lipinski definition) is 3. The van der Waals surface area contributed by atoms with Crippen LogP contribution >= 0.6 is 0 Å². The molecule has 0 aliphatic carbocycles. The Morgan fingerprint density at radius 1 is 1.11 bits per heavy atom. The minimum absolute atomic E-state index is 0.0550. The van der Waals surface area contributed by atoms with Crippen molar-refractivity contribution < 1.29 is 13.6 Å². The van der Waals surface area contributed by atoms with Crippen molar-refractivity contribution in [2.24, 2.45) is 0 Å². The molecule has 1 fully saturated rings. The summed E-state index contributed by atoms with van der Waals surface area (Å²) in [4.78, 5) is 14.1. The van der Waals surface area contributed by atoms with Gasteiger partial charge in [-0.2, -0.15) is 10.4 Å². The van der Waals surface area contributed by atoms with E-state index in [0.29, 0.717) is 11.1 Å². The molecular weight excluding hydrogens is 350 g/mol. The van der Waals surface area contributed by atoms with E-state index in [9.17, 15) is 13.6 Å². The molecule has 7 heteroatoms. The maximum absolute atomic E-state index is 13.3. The summed E-state index contributed by atoms with van der Waals surface area (Å²) in [5.74, 6) is -2.94. The molecule has 0 N–H and O–H groups in total. The minimum Gasteiger partial charge on any atom is -0.338 e. The number of pyridine rings is 1. The number of aromatic nitrogens is 2. The van der Waals surface area contributed by atoms with E-state index in [0.717, 1.165) is 16.6 Å². The fourth-order valence-corrected chi connectivity index (χ4v) is 3.28. The highest BCUT2D eigenvalue weighted by atomic mass is 19.3. The number of rotatable bonds is 2. The SMILES string of the molecule is N#Cc1ccc(-c2cnn3cc(C(=O)N4CCC(F)(F)CC4)ccc23)cc1. The van der Waals surface area contributed by atoms with Crippen molar-refractivity contribution in [2.75, 3.05) is 13.1 Å². The summed E-state index contributed by atoms with van der Waals surface area (Å²) in [7, 11) is 0. The first-order valence-corrected chi connectivity index (χ1v) is 8.62. The van der Waals surface area contributed by atoms with E-state index in [-0.39, 0.29) is 31.8 Å². The summed E-state index contributed by atoms with van der Waals surface area (Å²) >= 11 is 0. The van der Waals surface area contributed by atoms with Crippen molar-refractivity contribution in [3.63, 3.8) is 0 Å². The van der Waals surface area contributed by atoms with E-state index in [1.807, 2.05) is 12.1 Å². The van der Waals surface area contributed by atoms with Gasteiger partial charge in [-0.1, -0.05) is 12.1 Å². The van der Waals surface area contributed by atoms with Crippen LogP contribution in [0.15, 0.2) is 48.8 Å². The van der Waals surface area contributed by atoms with Gasteiger partial charge in [0.15, 0.2) is 0 Å². The highest BCUT2D eigenvalue weighted by molar-refractivity contribution is 5.95. The normalized spacial score (nSPS) is 16.3. The fourth-order valence-electron chi connectivity index (χ4n) is 3.28. The molecule has 5 nitrogen and oxygen atoms in total. The van der Waals surface area contributed by atoms with Crippen LogP contribution in [0.25, 0.3) is 16.6 Å². The molecule has 1 aliphatic heterocycles. The third-order valence-electron chi connectivity index (χ3n) is 4.87. The summed E-state index contributed by atoms with van der Waals surface area (Å²) in [6.45, 7) is 0.110. The predicted octanol–water partition coefficient (Wildman–Crippen LogP) is 3.74. The van der Waals surface area contributed by atoms with Crippen LogP contribution in [-0.4, -0.2) is 39.4 Å². The van der Waals surface area contributed by atoms with Crippen LogP contribution < -0.4 is 0 Å². The van der Waals surface area contributed by atoms with E-state index in [4.69, 9.17) is 5.26 Å². The number of alkyl halides is 2. The Kier molecular flexibility index (Phi) is 4.11. The summed E-state index contributed by atoms with van der Waals surface area (Å²) < 4.78 is 28.2. The molecule has 136 valence electrons. The molecule has 0 bridgehead atoms. The lowest BCUT2D eigenvalue weighted by Gasteiger charge is -2.31. The number of fused-ring (bicyclic) bond motifs is 1. The second-order valence-corrected chi connectivity index (χ2v) is 6.64. The molecule has 0 unspecified atom stereocenters. The minimum atomic E-state index is -2.68. The Hall–Kier alpha value is -3.27. The van der Waals surface area contributed by atoms with Gasteiger partial charge in [0, 0.05) is 37.7 Å². The average Bonchev–Trinajstić information content (AvgIpc) is 3.10. The Morgan fingerprint density at radius 2 is 1.81 bits per heavy atom. The number of likely N-dealkylation sites (tertiary alicyclic amines) is 1. The van der Waals surface area contributed by atoms with Crippen molar-refractivity contribution in [1.29, 1.82) is 5.26 Å². The van der Waals surface area contributed by atoms with Crippen LogP contribution in [0.4, 0.5) is 8.78 Å². The second kappa shape index (κ2) is 6.47. The van der Waals surface area contributed by atoms with Crippen molar-refractivity contribution in [1.82, 2.24) is 14.5 Å². The monoisotopic (exact) mass is 366 g/mol. The predicted molar refractivity (Wildman–Crippen MR) is 95.4 cm³/mol. The van der Waals surface area contributed by atoms with Crippen molar-refractivity contribution in [3.05, 3.63) is 59.9 Å². The number of hydrogen-bond donors (Lipinski definition) is 0. The molecule has 1 amide bonds. The molecule has 1 saturated heterocycles. The zero-order valence-corrected chi connectivity index (χ0v) is 14.4. The molecule has 3 aromatic rings. The van der Waals surface area contributed by atoms with E-state index < -0.39 is 5.92 Å². The Balaban J connectivity index is 1.60. The van der Waals surface area contributed by atoms with E-state index >= 15 is 0 Å². The smallest absolute Gasteiger partial charge is 0.255 e. The van der Waals surface area contributed by atoms with Gasteiger partial charge in [0.05, 0.1) is 28.9 Å². The lowest BCUT2D eigenvalue weighted by molar-refractivity contribution is -0.0494. The number of piperidine rings is 1. The van der Waals surface area contributed by atoms with Gasteiger partial charge in [-0.3, -0.25) is 4.79 Å². The summed E-state index contributed by atoms with van der Waals surface area (Å²) in [6.07, 6.45) is 2.72. The maximum Gasteiger partial charge on any atom is 0.255 e. The highest BCUT2D eigenvalue weighted by Crippen LogP contribution is 2.29. The number of halogens is 2. The van der Waals surface area contributed by atoms with Crippen molar-refractivity contribution in [3.8, 4) is 17.2 Å². The number of carbonyl (C=O) groups is 1. The third-order valence-corrected chi connectivity index (χ3v) is 4.87. The van der Waals surface area contributed by atoms with Gasteiger partial charge in [-0.15, -0.1) is 0 Å². The second-order valence-electron chi connectivity index (χ2n) is 6.64. The first kappa shape index (κ1) is 17.2. The summed E-state index contributed by atoms with van der Waals surface area (Å²) in [5, 5.41) is 13.2. The first-order chi connectivity index (χ1) is 13.0. The van der Waals surface area contributed by atoms with E-state index in [2.05, 4.69) is 11.2 Å². The topological polar surface area (TPSA) is 61.4 Å². The zero-order chi connectivity index (χ0) is 19.0. The number of nitriles is 1. The Morgan fingerprint density at radius 3 is 2.48 bits per heavy atom. The van der Waals surface area contributed by atoms with Gasteiger partial charge < -0.3 is 4.90 Å². The van der Waals surface area contributed by atoms with E-state index in [1.54, 1.807) is 41.2 Å². The highest BCUT2D eigenvalue weighted by Gasteiger charge is 2.35. The van der Waals surface area contributed by atoms with Crippen LogP contribution in [0, 0.1) is 11.3 Å².